The second kappa shape index (κ2) is 5.54. The molecule has 1 aromatic heterocycles. The quantitative estimate of drug-likeness (QED) is 0.849. The maximum atomic E-state index is 6.18. The van der Waals surface area contributed by atoms with Gasteiger partial charge in [0.15, 0.2) is 0 Å². The van der Waals surface area contributed by atoms with E-state index in [9.17, 15) is 0 Å². The Morgan fingerprint density at radius 3 is 3.00 bits per heavy atom. The highest BCUT2D eigenvalue weighted by Gasteiger charge is 2.44. The predicted molar refractivity (Wildman–Crippen MR) is 79.2 cm³/mol. The molecule has 2 atom stereocenters. The van der Waals surface area contributed by atoms with Crippen molar-refractivity contribution in [2.24, 2.45) is 5.92 Å². The van der Waals surface area contributed by atoms with Gasteiger partial charge in [0.05, 0.1) is 18.3 Å². The van der Waals surface area contributed by atoms with Gasteiger partial charge in [-0.2, -0.15) is 0 Å². The van der Waals surface area contributed by atoms with Gasteiger partial charge in [-0.15, -0.1) is 0 Å². The van der Waals surface area contributed by atoms with E-state index in [0.29, 0.717) is 0 Å². The second-order valence-corrected chi connectivity index (χ2v) is 6.67. The van der Waals surface area contributed by atoms with Crippen molar-refractivity contribution in [3.63, 3.8) is 0 Å². The van der Waals surface area contributed by atoms with Gasteiger partial charge in [0.1, 0.15) is 0 Å². The van der Waals surface area contributed by atoms with E-state index in [4.69, 9.17) is 9.47 Å². The van der Waals surface area contributed by atoms with Gasteiger partial charge >= 0.3 is 0 Å². The fraction of sp³-hybridized carbons (Fsp3) is 0.750. The molecule has 1 aromatic rings. The molecular formula is C16H23N3O2. The summed E-state index contributed by atoms with van der Waals surface area (Å²) in [7, 11) is 0. The lowest BCUT2D eigenvalue weighted by Gasteiger charge is -2.39. The number of hydrogen-bond acceptors (Lipinski definition) is 5. The molecule has 114 valence electrons. The summed E-state index contributed by atoms with van der Waals surface area (Å²) in [5.74, 6) is 1.64. The maximum absolute atomic E-state index is 6.18. The SMILES string of the molecule is c1cnc(N2CCC[C@]3(C[C@@H](OCC4CC4)CO3)C2)nc1. The molecule has 4 rings (SSSR count). The summed E-state index contributed by atoms with van der Waals surface area (Å²) in [4.78, 5) is 11.0. The largest absolute Gasteiger partial charge is 0.375 e. The highest BCUT2D eigenvalue weighted by molar-refractivity contribution is 5.31. The fourth-order valence-corrected chi connectivity index (χ4v) is 3.47. The first-order chi connectivity index (χ1) is 10.3. The zero-order valence-electron chi connectivity index (χ0n) is 12.4. The monoisotopic (exact) mass is 289 g/mol. The van der Waals surface area contributed by atoms with Crippen LogP contribution in [0.5, 0.6) is 0 Å². The first-order valence-corrected chi connectivity index (χ1v) is 8.11. The number of anilines is 1. The van der Waals surface area contributed by atoms with Crippen LogP contribution >= 0.6 is 0 Å². The Kier molecular flexibility index (Phi) is 3.55. The van der Waals surface area contributed by atoms with Crippen molar-refractivity contribution in [2.45, 2.75) is 43.8 Å². The van der Waals surface area contributed by atoms with Gasteiger partial charge < -0.3 is 14.4 Å². The van der Waals surface area contributed by atoms with E-state index in [2.05, 4.69) is 14.9 Å². The second-order valence-electron chi connectivity index (χ2n) is 6.67. The van der Waals surface area contributed by atoms with Crippen molar-refractivity contribution in [3.05, 3.63) is 18.5 Å². The van der Waals surface area contributed by atoms with E-state index in [-0.39, 0.29) is 11.7 Å². The first-order valence-electron chi connectivity index (χ1n) is 8.11. The molecule has 5 nitrogen and oxygen atoms in total. The lowest BCUT2D eigenvalue weighted by Crippen LogP contribution is -2.48. The lowest BCUT2D eigenvalue weighted by molar-refractivity contribution is -0.0131. The molecule has 0 amide bonds. The van der Waals surface area contributed by atoms with Gasteiger partial charge in [-0.05, 0) is 37.7 Å². The van der Waals surface area contributed by atoms with Gasteiger partial charge in [-0.1, -0.05) is 0 Å². The van der Waals surface area contributed by atoms with Crippen LogP contribution in [0.4, 0.5) is 5.95 Å². The predicted octanol–water partition coefficient (Wildman–Crippen LogP) is 2.03. The minimum atomic E-state index is -0.0499. The summed E-state index contributed by atoms with van der Waals surface area (Å²) in [5, 5.41) is 0. The van der Waals surface area contributed by atoms with Crippen LogP contribution in [0, 0.1) is 5.92 Å². The molecule has 21 heavy (non-hydrogen) atoms. The number of aromatic nitrogens is 2. The summed E-state index contributed by atoms with van der Waals surface area (Å²) in [6.45, 7) is 3.58. The summed E-state index contributed by atoms with van der Waals surface area (Å²) >= 11 is 0. The minimum Gasteiger partial charge on any atom is -0.375 e. The zero-order chi connectivity index (χ0) is 14.1. The van der Waals surface area contributed by atoms with Crippen LogP contribution in [-0.2, 0) is 9.47 Å². The van der Waals surface area contributed by atoms with Crippen molar-refractivity contribution < 1.29 is 9.47 Å². The van der Waals surface area contributed by atoms with Crippen LogP contribution < -0.4 is 4.90 Å². The smallest absolute Gasteiger partial charge is 0.225 e. The van der Waals surface area contributed by atoms with E-state index in [1.165, 1.54) is 12.8 Å². The topological polar surface area (TPSA) is 47.5 Å². The number of nitrogens with zero attached hydrogens (tertiary/aromatic N) is 3. The van der Waals surface area contributed by atoms with E-state index >= 15 is 0 Å². The molecule has 1 spiro atoms. The van der Waals surface area contributed by atoms with E-state index in [1.54, 1.807) is 12.4 Å². The standard InChI is InChI=1S/C16H23N3O2/c1-5-16(9-14(11-21-16)20-10-13-3-4-13)12-19(8-1)15-17-6-2-7-18-15/h2,6-7,13-14H,1,3-5,8-12H2/t14-,16+/m1/s1. The Balaban J connectivity index is 1.38. The van der Waals surface area contributed by atoms with Crippen LogP contribution in [0.3, 0.4) is 0 Å². The maximum Gasteiger partial charge on any atom is 0.225 e. The molecule has 5 heteroatoms. The average molecular weight is 289 g/mol. The third-order valence-corrected chi connectivity index (χ3v) is 4.81. The highest BCUT2D eigenvalue weighted by atomic mass is 16.6. The van der Waals surface area contributed by atoms with Crippen LogP contribution in [0.1, 0.15) is 32.1 Å². The molecule has 1 aliphatic carbocycles. The Morgan fingerprint density at radius 2 is 2.19 bits per heavy atom. The average Bonchev–Trinajstić information content (AvgIpc) is 3.29. The molecule has 3 heterocycles. The molecule has 0 N–H and O–H groups in total. The Bertz CT molecular complexity index is 480. The molecule has 3 fully saturated rings. The van der Waals surface area contributed by atoms with Gasteiger partial charge in [-0.3, -0.25) is 0 Å². The zero-order valence-corrected chi connectivity index (χ0v) is 12.4. The molecular weight excluding hydrogens is 266 g/mol. The lowest BCUT2D eigenvalue weighted by atomic mass is 9.89. The Morgan fingerprint density at radius 1 is 1.33 bits per heavy atom. The van der Waals surface area contributed by atoms with Crippen molar-refractivity contribution >= 4 is 5.95 Å². The minimum absolute atomic E-state index is 0.0499. The van der Waals surface area contributed by atoms with Crippen molar-refractivity contribution in [1.82, 2.24) is 9.97 Å². The molecule has 0 aromatic carbocycles. The molecule has 1 saturated carbocycles. The molecule has 2 aliphatic heterocycles. The van der Waals surface area contributed by atoms with E-state index < -0.39 is 0 Å². The van der Waals surface area contributed by atoms with Crippen LogP contribution in [-0.4, -0.2) is 48.0 Å². The number of hydrogen-bond donors (Lipinski definition) is 0. The fourth-order valence-electron chi connectivity index (χ4n) is 3.47. The number of piperidine rings is 1. The normalized spacial score (nSPS) is 32.8. The summed E-state index contributed by atoms with van der Waals surface area (Å²) in [6, 6.07) is 1.86. The third-order valence-electron chi connectivity index (χ3n) is 4.81. The summed E-state index contributed by atoms with van der Waals surface area (Å²) in [6.07, 6.45) is 9.86. The highest BCUT2D eigenvalue weighted by Crippen LogP contribution is 2.37. The first kappa shape index (κ1) is 13.5. The summed E-state index contributed by atoms with van der Waals surface area (Å²) in [5.41, 5.74) is -0.0499. The van der Waals surface area contributed by atoms with Crippen molar-refractivity contribution in [3.8, 4) is 0 Å². The van der Waals surface area contributed by atoms with E-state index in [0.717, 1.165) is 57.4 Å². The number of rotatable bonds is 4. The Labute approximate surface area is 125 Å². The van der Waals surface area contributed by atoms with Crippen molar-refractivity contribution in [1.29, 1.82) is 0 Å². The number of ether oxygens (including phenoxy) is 2. The molecule has 0 radical (unpaired) electrons. The van der Waals surface area contributed by atoms with Crippen molar-refractivity contribution in [2.75, 3.05) is 31.2 Å². The van der Waals surface area contributed by atoms with Crippen LogP contribution in [0.2, 0.25) is 0 Å². The van der Waals surface area contributed by atoms with Crippen LogP contribution in [0.15, 0.2) is 18.5 Å². The van der Waals surface area contributed by atoms with Gasteiger partial charge in [0, 0.05) is 38.5 Å². The molecule has 0 bridgehead atoms. The molecule has 3 aliphatic rings. The van der Waals surface area contributed by atoms with Gasteiger partial charge in [0.2, 0.25) is 5.95 Å². The Hall–Kier alpha value is -1.20. The third kappa shape index (κ3) is 3.04. The van der Waals surface area contributed by atoms with E-state index in [1.807, 2.05) is 6.07 Å². The molecule has 2 saturated heterocycles. The van der Waals surface area contributed by atoms with Gasteiger partial charge in [-0.25, -0.2) is 9.97 Å². The summed E-state index contributed by atoms with van der Waals surface area (Å²) < 4.78 is 12.2. The van der Waals surface area contributed by atoms with Crippen LogP contribution in [0.25, 0.3) is 0 Å². The van der Waals surface area contributed by atoms with Gasteiger partial charge in [0.25, 0.3) is 0 Å². The molecule has 0 unspecified atom stereocenters.